The number of hydrogen-bond donors (Lipinski definition) is 2. The van der Waals surface area contributed by atoms with E-state index in [4.69, 9.17) is 10.6 Å². The summed E-state index contributed by atoms with van der Waals surface area (Å²) in [5.74, 6) is 5.40. The normalized spacial score (nSPS) is 19.6. The lowest BCUT2D eigenvalue weighted by atomic mass is 10.1. The van der Waals surface area contributed by atoms with Crippen molar-refractivity contribution in [2.24, 2.45) is 5.84 Å². The van der Waals surface area contributed by atoms with Crippen LogP contribution in [0.5, 0.6) is 0 Å². The molecule has 0 spiro atoms. The number of rotatable bonds is 3. The van der Waals surface area contributed by atoms with E-state index in [1.165, 1.54) is 0 Å². The third-order valence-electron chi connectivity index (χ3n) is 3.12. The molecule has 1 saturated heterocycles. The summed E-state index contributed by atoms with van der Waals surface area (Å²) in [6.45, 7) is 1.67. The van der Waals surface area contributed by atoms with E-state index < -0.39 is 0 Å². The second kappa shape index (κ2) is 6.37. The number of carbonyl (C=O) groups is 1. The van der Waals surface area contributed by atoms with Gasteiger partial charge < -0.3 is 9.64 Å². The molecule has 1 heterocycles. The first-order valence-corrected chi connectivity index (χ1v) is 6.21. The first-order valence-electron chi connectivity index (χ1n) is 6.21. The minimum absolute atomic E-state index is 0.169. The van der Waals surface area contributed by atoms with E-state index in [9.17, 15) is 4.79 Å². The fourth-order valence-corrected chi connectivity index (χ4v) is 2.09. The highest BCUT2D eigenvalue weighted by atomic mass is 16.6. The van der Waals surface area contributed by atoms with Gasteiger partial charge in [-0.3, -0.25) is 11.3 Å². The van der Waals surface area contributed by atoms with Gasteiger partial charge in [-0.15, -0.1) is 0 Å². The Morgan fingerprint density at radius 2 is 2.22 bits per heavy atom. The smallest absolute Gasteiger partial charge is 0.410 e. The van der Waals surface area contributed by atoms with E-state index >= 15 is 0 Å². The largest absolute Gasteiger partial charge is 0.445 e. The maximum Gasteiger partial charge on any atom is 0.410 e. The number of ether oxygens (including phenoxy) is 1. The van der Waals surface area contributed by atoms with Crippen molar-refractivity contribution in [2.75, 3.05) is 13.1 Å². The molecule has 5 nitrogen and oxygen atoms in total. The van der Waals surface area contributed by atoms with Gasteiger partial charge in [-0.1, -0.05) is 30.3 Å². The zero-order chi connectivity index (χ0) is 12.8. The van der Waals surface area contributed by atoms with Gasteiger partial charge >= 0.3 is 6.09 Å². The highest BCUT2D eigenvalue weighted by Gasteiger charge is 2.23. The predicted octanol–water partition coefficient (Wildman–Crippen LogP) is 1.25. The number of hydrazine groups is 1. The molecule has 1 aromatic carbocycles. The number of nitrogens with two attached hydrogens (primary N) is 1. The van der Waals surface area contributed by atoms with Crippen molar-refractivity contribution >= 4 is 6.09 Å². The van der Waals surface area contributed by atoms with E-state index in [-0.39, 0.29) is 12.1 Å². The SMILES string of the molecule is NNC1CCCN(C(=O)OCc2ccccc2)C1. The second-order valence-electron chi connectivity index (χ2n) is 4.49. The standard InChI is InChI=1S/C13H19N3O2/c14-15-12-7-4-8-16(9-12)13(17)18-10-11-5-2-1-3-6-11/h1-3,5-6,12,15H,4,7-10,14H2. The summed E-state index contributed by atoms with van der Waals surface area (Å²) in [6, 6.07) is 9.84. The lowest BCUT2D eigenvalue weighted by Gasteiger charge is -2.31. The van der Waals surface area contributed by atoms with E-state index in [2.05, 4.69) is 5.43 Å². The number of carbonyl (C=O) groups excluding carboxylic acids is 1. The van der Waals surface area contributed by atoms with Crippen molar-refractivity contribution in [2.45, 2.75) is 25.5 Å². The third-order valence-corrected chi connectivity index (χ3v) is 3.12. The van der Waals surface area contributed by atoms with Gasteiger partial charge in [0, 0.05) is 19.1 Å². The van der Waals surface area contributed by atoms with Gasteiger partial charge in [-0.2, -0.15) is 0 Å². The van der Waals surface area contributed by atoms with Crippen molar-refractivity contribution in [3.05, 3.63) is 35.9 Å². The van der Waals surface area contributed by atoms with Gasteiger partial charge in [0.2, 0.25) is 0 Å². The lowest BCUT2D eigenvalue weighted by Crippen LogP contribution is -2.50. The molecule has 1 atom stereocenters. The summed E-state index contributed by atoms with van der Waals surface area (Å²) in [7, 11) is 0. The maximum absolute atomic E-state index is 11.9. The molecular formula is C13H19N3O2. The van der Waals surface area contributed by atoms with Gasteiger partial charge in [0.15, 0.2) is 0 Å². The van der Waals surface area contributed by atoms with E-state index in [0.29, 0.717) is 13.2 Å². The fraction of sp³-hybridized carbons (Fsp3) is 0.462. The van der Waals surface area contributed by atoms with Gasteiger partial charge in [-0.25, -0.2) is 4.79 Å². The van der Waals surface area contributed by atoms with Crippen LogP contribution in [0.15, 0.2) is 30.3 Å². The summed E-state index contributed by atoms with van der Waals surface area (Å²) in [5, 5.41) is 0. The number of nitrogens with one attached hydrogen (secondary N) is 1. The number of likely N-dealkylation sites (tertiary alicyclic amines) is 1. The highest BCUT2D eigenvalue weighted by molar-refractivity contribution is 5.67. The van der Waals surface area contributed by atoms with Gasteiger partial charge in [0.1, 0.15) is 6.61 Å². The molecule has 98 valence electrons. The van der Waals surface area contributed by atoms with Crippen LogP contribution in [0.2, 0.25) is 0 Å². The Hall–Kier alpha value is -1.59. The third kappa shape index (κ3) is 3.45. The summed E-state index contributed by atoms with van der Waals surface area (Å²) >= 11 is 0. The van der Waals surface area contributed by atoms with Crippen LogP contribution < -0.4 is 11.3 Å². The Bertz CT molecular complexity index is 383. The van der Waals surface area contributed by atoms with Gasteiger partial charge in [0.25, 0.3) is 0 Å². The molecule has 18 heavy (non-hydrogen) atoms. The molecule has 0 bridgehead atoms. The molecule has 1 aromatic rings. The Kier molecular flexibility index (Phi) is 4.55. The molecule has 0 aliphatic carbocycles. The van der Waals surface area contributed by atoms with Crippen molar-refractivity contribution in [1.82, 2.24) is 10.3 Å². The Morgan fingerprint density at radius 3 is 2.94 bits per heavy atom. The minimum Gasteiger partial charge on any atom is -0.445 e. The molecule has 1 unspecified atom stereocenters. The first-order chi connectivity index (χ1) is 8.79. The summed E-state index contributed by atoms with van der Waals surface area (Å²) in [4.78, 5) is 13.6. The molecule has 0 saturated carbocycles. The zero-order valence-corrected chi connectivity index (χ0v) is 10.3. The van der Waals surface area contributed by atoms with Gasteiger partial charge in [-0.05, 0) is 18.4 Å². The molecule has 3 N–H and O–H groups in total. The molecule has 1 aliphatic rings. The topological polar surface area (TPSA) is 67.6 Å². The number of amides is 1. The molecule has 2 rings (SSSR count). The molecule has 1 amide bonds. The highest BCUT2D eigenvalue weighted by Crippen LogP contribution is 2.11. The summed E-state index contributed by atoms with van der Waals surface area (Å²) in [6.07, 6.45) is 1.69. The first kappa shape index (κ1) is 12.9. The fourth-order valence-electron chi connectivity index (χ4n) is 2.09. The molecular weight excluding hydrogens is 230 g/mol. The number of hydrogen-bond acceptors (Lipinski definition) is 4. The average Bonchev–Trinajstić information content (AvgIpc) is 2.46. The van der Waals surface area contributed by atoms with Gasteiger partial charge in [0.05, 0.1) is 0 Å². The molecule has 1 aliphatic heterocycles. The van der Waals surface area contributed by atoms with Crippen LogP contribution in [0, 0.1) is 0 Å². The van der Waals surface area contributed by atoms with Crippen LogP contribution in [-0.4, -0.2) is 30.1 Å². The molecule has 0 radical (unpaired) electrons. The minimum atomic E-state index is -0.265. The predicted molar refractivity (Wildman–Crippen MR) is 68.5 cm³/mol. The quantitative estimate of drug-likeness (QED) is 0.625. The molecule has 1 fully saturated rings. The maximum atomic E-state index is 11.9. The van der Waals surface area contributed by atoms with Crippen molar-refractivity contribution < 1.29 is 9.53 Å². The number of piperidine rings is 1. The lowest BCUT2D eigenvalue weighted by molar-refractivity contribution is 0.0834. The van der Waals surface area contributed by atoms with Crippen LogP contribution in [0.3, 0.4) is 0 Å². The monoisotopic (exact) mass is 249 g/mol. The Labute approximate surface area is 107 Å². The zero-order valence-electron chi connectivity index (χ0n) is 10.3. The van der Waals surface area contributed by atoms with Crippen LogP contribution in [-0.2, 0) is 11.3 Å². The van der Waals surface area contributed by atoms with Crippen LogP contribution in [0.25, 0.3) is 0 Å². The van der Waals surface area contributed by atoms with E-state index in [1.807, 2.05) is 30.3 Å². The van der Waals surface area contributed by atoms with Crippen LogP contribution in [0.4, 0.5) is 4.79 Å². The number of benzene rings is 1. The van der Waals surface area contributed by atoms with Crippen molar-refractivity contribution in [3.63, 3.8) is 0 Å². The summed E-state index contributed by atoms with van der Waals surface area (Å²) in [5.41, 5.74) is 3.71. The average molecular weight is 249 g/mol. The molecule has 0 aromatic heterocycles. The van der Waals surface area contributed by atoms with Crippen LogP contribution >= 0.6 is 0 Å². The van der Waals surface area contributed by atoms with Crippen molar-refractivity contribution in [3.8, 4) is 0 Å². The van der Waals surface area contributed by atoms with Crippen molar-refractivity contribution in [1.29, 1.82) is 0 Å². The van der Waals surface area contributed by atoms with E-state index in [0.717, 1.165) is 24.9 Å². The number of nitrogens with zero attached hydrogens (tertiary/aromatic N) is 1. The Morgan fingerprint density at radius 1 is 1.44 bits per heavy atom. The van der Waals surface area contributed by atoms with Crippen LogP contribution in [0.1, 0.15) is 18.4 Å². The molecule has 5 heteroatoms. The summed E-state index contributed by atoms with van der Waals surface area (Å²) < 4.78 is 5.28. The second-order valence-corrected chi connectivity index (χ2v) is 4.49. The Balaban J connectivity index is 1.81. The van der Waals surface area contributed by atoms with E-state index in [1.54, 1.807) is 4.90 Å².